The van der Waals surface area contributed by atoms with Crippen molar-refractivity contribution >= 4 is 11.6 Å². The third-order valence-electron chi connectivity index (χ3n) is 2.30. The molecular formula is C13H17ClF3NO2. The Hall–Kier alpha value is -0.980. The monoisotopic (exact) mass is 311 g/mol. The number of hydrogen-bond donors (Lipinski definition) is 1. The fourth-order valence-corrected chi connectivity index (χ4v) is 1.68. The molecule has 0 aromatic heterocycles. The van der Waals surface area contributed by atoms with Crippen LogP contribution in [-0.4, -0.2) is 25.6 Å². The van der Waals surface area contributed by atoms with Crippen LogP contribution in [0.25, 0.3) is 0 Å². The van der Waals surface area contributed by atoms with Crippen molar-refractivity contribution in [2.75, 3.05) is 13.4 Å². The van der Waals surface area contributed by atoms with Crippen LogP contribution in [0, 0.1) is 0 Å². The molecule has 0 spiro atoms. The average Bonchev–Trinajstić information content (AvgIpc) is 2.32. The molecule has 0 unspecified atom stereocenters. The van der Waals surface area contributed by atoms with E-state index in [0.29, 0.717) is 17.3 Å². The van der Waals surface area contributed by atoms with Gasteiger partial charge in [-0.15, -0.1) is 0 Å². The van der Waals surface area contributed by atoms with Crippen molar-refractivity contribution in [3.8, 4) is 5.75 Å². The fourth-order valence-electron chi connectivity index (χ4n) is 1.43. The number of hydrogen-bond acceptors (Lipinski definition) is 3. The average molecular weight is 312 g/mol. The first-order valence-electron chi connectivity index (χ1n) is 6.07. The van der Waals surface area contributed by atoms with Crippen LogP contribution in [0.3, 0.4) is 0 Å². The summed E-state index contributed by atoms with van der Waals surface area (Å²) in [7, 11) is 0. The third-order valence-corrected chi connectivity index (χ3v) is 2.60. The van der Waals surface area contributed by atoms with Crippen LogP contribution < -0.4 is 10.1 Å². The lowest BCUT2D eigenvalue weighted by Crippen LogP contribution is -2.23. The summed E-state index contributed by atoms with van der Waals surface area (Å²) in [5.74, 6) is 0.337. The van der Waals surface area contributed by atoms with E-state index in [4.69, 9.17) is 16.3 Å². The van der Waals surface area contributed by atoms with E-state index in [1.54, 1.807) is 18.2 Å². The fraction of sp³-hybridized carbons (Fsp3) is 0.538. The molecule has 1 N–H and O–H groups in total. The summed E-state index contributed by atoms with van der Waals surface area (Å²) in [5, 5.41) is 3.52. The standard InChI is InChI=1S/C13H17ClF3NO2/c1-9(2)18-6-10-4-3-5-11(14)12(10)20-8-19-7-13(15,16)17/h3-5,9,18H,6-8H2,1-2H3. The molecule has 20 heavy (non-hydrogen) atoms. The van der Waals surface area contributed by atoms with E-state index in [1.807, 2.05) is 13.8 Å². The molecule has 0 aliphatic carbocycles. The van der Waals surface area contributed by atoms with Crippen molar-refractivity contribution in [1.82, 2.24) is 5.32 Å². The van der Waals surface area contributed by atoms with Crippen LogP contribution in [0.4, 0.5) is 13.2 Å². The minimum Gasteiger partial charge on any atom is -0.466 e. The highest BCUT2D eigenvalue weighted by atomic mass is 35.5. The Kier molecular flexibility index (Phi) is 6.58. The largest absolute Gasteiger partial charge is 0.466 e. The van der Waals surface area contributed by atoms with Gasteiger partial charge in [0.2, 0.25) is 0 Å². The minimum absolute atomic E-state index is 0.267. The van der Waals surface area contributed by atoms with Crippen LogP contribution in [0.1, 0.15) is 19.4 Å². The van der Waals surface area contributed by atoms with Gasteiger partial charge in [-0.3, -0.25) is 0 Å². The van der Waals surface area contributed by atoms with Gasteiger partial charge in [0, 0.05) is 18.2 Å². The number of nitrogens with one attached hydrogen (secondary N) is 1. The zero-order chi connectivity index (χ0) is 15.2. The molecule has 0 fully saturated rings. The van der Waals surface area contributed by atoms with Gasteiger partial charge >= 0.3 is 6.18 Å². The van der Waals surface area contributed by atoms with Crippen molar-refractivity contribution in [3.63, 3.8) is 0 Å². The predicted molar refractivity (Wildman–Crippen MR) is 70.9 cm³/mol. The summed E-state index contributed by atoms with van der Waals surface area (Å²) >= 11 is 5.98. The second kappa shape index (κ2) is 7.71. The van der Waals surface area contributed by atoms with Crippen LogP contribution in [0.2, 0.25) is 5.02 Å². The number of halogens is 4. The Labute approximate surface area is 121 Å². The first-order chi connectivity index (χ1) is 9.29. The van der Waals surface area contributed by atoms with E-state index < -0.39 is 19.6 Å². The molecule has 0 aliphatic rings. The van der Waals surface area contributed by atoms with Crippen molar-refractivity contribution in [1.29, 1.82) is 0 Å². The molecular weight excluding hydrogens is 295 g/mol. The molecule has 0 saturated carbocycles. The second-order valence-corrected chi connectivity index (χ2v) is 4.90. The molecule has 3 nitrogen and oxygen atoms in total. The zero-order valence-corrected chi connectivity index (χ0v) is 12.0. The number of alkyl halides is 3. The van der Waals surface area contributed by atoms with Gasteiger partial charge in [-0.25, -0.2) is 0 Å². The molecule has 7 heteroatoms. The molecule has 0 heterocycles. The molecule has 0 saturated heterocycles. The quantitative estimate of drug-likeness (QED) is 0.614. The number of benzene rings is 1. The van der Waals surface area contributed by atoms with Gasteiger partial charge in [-0.05, 0) is 6.07 Å². The van der Waals surface area contributed by atoms with E-state index >= 15 is 0 Å². The first-order valence-corrected chi connectivity index (χ1v) is 6.45. The highest BCUT2D eigenvalue weighted by Gasteiger charge is 2.27. The summed E-state index contributed by atoms with van der Waals surface area (Å²) in [5.41, 5.74) is 0.766. The molecule has 0 bridgehead atoms. The topological polar surface area (TPSA) is 30.5 Å². The maximum Gasteiger partial charge on any atom is 0.411 e. The summed E-state index contributed by atoms with van der Waals surface area (Å²) in [4.78, 5) is 0. The van der Waals surface area contributed by atoms with Gasteiger partial charge in [0.05, 0.1) is 5.02 Å². The lowest BCUT2D eigenvalue weighted by Gasteiger charge is -2.15. The molecule has 0 atom stereocenters. The highest BCUT2D eigenvalue weighted by molar-refractivity contribution is 6.32. The summed E-state index contributed by atoms with van der Waals surface area (Å²) in [6.45, 7) is 2.62. The van der Waals surface area contributed by atoms with Gasteiger partial charge in [0.15, 0.2) is 6.79 Å². The minimum atomic E-state index is -4.37. The lowest BCUT2D eigenvalue weighted by molar-refractivity contribution is -0.186. The van der Waals surface area contributed by atoms with Crippen molar-refractivity contribution < 1.29 is 22.6 Å². The second-order valence-electron chi connectivity index (χ2n) is 4.49. The highest BCUT2D eigenvalue weighted by Crippen LogP contribution is 2.29. The van der Waals surface area contributed by atoms with E-state index in [9.17, 15) is 13.2 Å². The number of para-hydroxylation sites is 1. The van der Waals surface area contributed by atoms with Gasteiger partial charge in [0.1, 0.15) is 12.4 Å². The molecule has 1 aromatic carbocycles. The van der Waals surface area contributed by atoms with Crippen LogP contribution >= 0.6 is 11.6 Å². The van der Waals surface area contributed by atoms with E-state index in [2.05, 4.69) is 10.1 Å². The summed E-state index contributed by atoms with van der Waals surface area (Å²) in [6, 6.07) is 5.42. The van der Waals surface area contributed by atoms with Crippen molar-refractivity contribution in [3.05, 3.63) is 28.8 Å². The zero-order valence-electron chi connectivity index (χ0n) is 11.3. The van der Waals surface area contributed by atoms with E-state index in [0.717, 1.165) is 5.56 Å². The molecule has 1 aromatic rings. The Morgan fingerprint density at radius 1 is 1.30 bits per heavy atom. The van der Waals surface area contributed by atoms with Gasteiger partial charge in [0.25, 0.3) is 0 Å². The number of rotatable bonds is 7. The van der Waals surface area contributed by atoms with Crippen LogP contribution in [-0.2, 0) is 11.3 Å². The lowest BCUT2D eigenvalue weighted by atomic mass is 10.2. The normalized spacial score (nSPS) is 11.9. The molecule has 0 radical (unpaired) electrons. The van der Waals surface area contributed by atoms with Gasteiger partial charge in [-0.2, -0.15) is 13.2 Å². The summed E-state index contributed by atoms with van der Waals surface area (Å²) < 4.78 is 45.4. The molecule has 0 aliphatic heterocycles. The Morgan fingerprint density at radius 3 is 2.60 bits per heavy atom. The maximum atomic E-state index is 11.9. The van der Waals surface area contributed by atoms with Crippen LogP contribution in [0.5, 0.6) is 5.75 Å². The first kappa shape index (κ1) is 17.1. The molecule has 1 rings (SSSR count). The van der Waals surface area contributed by atoms with Crippen molar-refractivity contribution in [2.45, 2.75) is 32.6 Å². The Morgan fingerprint density at radius 2 is 2.00 bits per heavy atom. The smallest absolute Gasteiger partial charge is 0.411 e. The SMILES string of the molecule is CC(C)NCc1cccc(Cl)c1OCOCC(F)(F)F. The Balaban J connectivity index is 2.58. The molecule has 0 amide bonds. The van der Waals surface area contributed by atoms with Gasteiger partial charge < -0.3 is 14.8 Å². The van der Waals surface area contributed by atoms with Crippen LogP contribution in [0.15, 0.2) is 18.2 Å². The van der Waals surface area contributed by atoms with E-state index in [1.165, 1.54) is 0 Å². The van der Waals surface area contributed by atoms with E-state index in [-0.39, 0.29) is 6.04 Å². The Bertz CT molecular complexity index is 425. The maximum absolute atomic E-state index is 11.9. The summed E-state index contributed by atoms with van der Waals surface area (Å²) in [6.07, 6.45) is -4.37. The predicted octanol–water partition coefficient (Wildman–Crippen LogP) is 3.75. The number of ether oxygens (including phenoxy) is 2. The molecule has 114 valence electrons. The van der Waals surface area contributed by atoms with Gasteiger partial charge in [-0.1, -0.05) is 37.6 Å². The third kappa shape index (κ3) is 6.45. The van der Waals surface area contributed by atoms with Crippen molar-refractivity contribution in [2.24, 2.45) is 0 Å².